The van der Waals surface area contributed by atoms with Crippen LogP contribution in [0.1, 0.15) is 51.9 Å². The molecule has 0 saturated heterocycles. The number of halogens is 1. The molecule has 0 unspecified atom stereocenters. The quantitative estimate of drug-likeness (QED) is 0.809. The third-order valence-corrected chi connectivity index (χ3v) is 4.36. The van der Waals surface area contributed by atoms with Gasteiger partial charge in [-0.2, -0.15) is 0 Å². The number of nitrogens with two attached hydrogens (primary N) is 1. The van der Waals surface area contributed by atoms with E-state index in [1.54, 1.807) is 0 Å². The Hall–Kier alpha value is -0.280. The molecule has 2 aliphatic carbocycles. The normalized spacial score (nSPS) is 21.4. The van der Waals surface area contributed by atoms with E-state index in [-0.39, 0.29) is 17.8 Å². The van der Waals surface area contributed by atoms with Crippen LogP contribution in [0.4, 0.5) is 0 Å². The molecule has 2 rings (SSSR count). The van der Waals surface area contributed by atoms with Crippen molar-refractivity contribution in [1.29, 1.82) is 0 Å². The van der Waals surface area contributed by atoms with Crippen LogP contribution >= 0.6 is 12.4 Å². The Bertz CT molecular complexity index is 273. The van der Waals surface area contributed by atoms with Crippen molar-refractivity contribution in [3.63, 3.8) is 0 Å². The van der Waals surface area contributed by atoms with E-state index in [2.05, 4.69) is 11.8 Å². The molecule has 18 heavy (non-hydrogen) atoms. The van der Waals surface area contributed by atoms with E-state index in [1.165, 1.54) is 25.7 Å². The lowest BCUT2D eigenvalue weighted by atomic mass is 9.84. The molecule has 0 aromatic rings. The average molecular weight is 275 g/mol. The number of nitrogens with zero attached hydrogens (tertiary/aromatic N) is 1. The van der Waals surface area contributed by atoms with Gasteiger partial charge >= 0.3 is 0 Å². The summed E-state index contributed by atoms with van der Waals surface area (Å²) in [5.74, 6) is 1.13. The van der Waals surface area contributed by atoms with Crippen LogP contribution in [0, 0.1) is 11.3 Å². The van der Waals surface area contributed by atoms with Crippen molar-refractivity contribution in [2.75, 3.05) is 19.6 Å². The van der Waals surface area contributed by atoms with Gasteiger partial charge in [-0.25, -0.2) is 0 Å². The van der Waals surface area contributed by atoms with Gasteiger partial charge in [-0.15, -0.1) is 12.4 Å². The maximum Gasteiger partial charge on any atom is 0.230 e. The van der Waals surface area contributed by atoms with Gasteiger partial charge in [0.2, 0.25) is 5.91 Å². The van der Waals surface area contributed by atoms with E-state index in [1.807, 2.05) is 0 Å². The van der Waals surface area contributed by atoms with E-state index in [0.717, 1.165) is 38.3 Å². The van der Waals surface area contributed by atoms with E-state index in [4.69, 9.17) is 5.73 Å². The van der Waals surface area contributed by atoms with Crippen molar-refractivity contribution >= 4 is 18.3 Å². The monoisotopic (exact) mass is 274 g/mol. The average Bonchev–Trinajstić information content (AvgIpc) is 3.02. The molecule has 1 amide bonds. The predicted molar refractivity (Wildman–Crippen MR) is 76.8 cm³/mol. The molecule has 0 bridgehead atoms. The number of rotatable bonds is 6. The third-order valence-electron chi connectivity index (χ3n) is 4.36. The highest BCUT2D eigenvalue weighted by Gasteiger charge is 2.43. The van der Waals surface area contributed by atoms with Crippen LogP contribution in [0.5, 0.6) is 0 Å². The Labute approximate surface area is 117 Å². The zero-order chi connectivity index (χ0) is 12.3. The Balaban J connectivity index is 0.00000162. The van der Waals surface area contributed by atoms with Gasteiger partial charge in [0.05, 0.1) is 5.41 Å². The molecule has 0 aromatic heterocycles. The number of carbonyl (C=O) groups excluding carboxylic acids is 1. The molecule has 2 fully saturated rings. The molecule has 0 heterocycles. The van der Waals surface area contributed by atoms with Gasteiger partial charge in [-0.3, -0.25) is 4.79 Å². The summed E-state index contributed by atoms with van der Waals surface area (Å²) in [5.41, 5.74) is 5.70. The first-order valence-electron chi connectivity index (χ1n) is 7.21. The highest BCUT2D eigenvalue weighted by atomic mass is 35.5. The first-order valence-corrected chi connectivity index (χ1v) is 7.21. The van der Waals surface area contributed by atoms with Crippen molar-refractivity contribution in [3.05, 3.63) is 0 Å². The molecular weight excluding hydrogens is 248 g/mol. The third kappa shape index (κ3) is 3.39. The summed E-state index contributed by atoms with van der Waals surface area (Å²) in [7, 11) is 0. The Morgan fingerprint density at radius 2 is 1.94 bits per heavy atom. The number of amides is 1. The Morgan fingerprint density at radius 1 is 1.33 bits per heavy atom. The minimum atomic E-state index is -0.204. The second-order valence-corrected chi connectivity index (χ2v) is 5.89. The lowest BCUT2D eigenvalue weighted by molar-refractivity contribution is -0.141. The van der Waals surface area contributed by atoms with Gasteiger partial charge in [0.1, 0.15) is 0 Å². The number of hydrogen-bond donors (Lipinski definition) is 1. The Morgan fingerprint density at radius 3 is 2.39 bits per heavy atom. The van der Waals surface area contributed by atoms with E-state index in [9.17, 15) is 4.79 Å². The van der Waals surface area contributed by atoms with Gasteiger partial charge < -0.3 is 10.6 Å². The van der Waals surface area contributed by atoms with Crippen LogP contribution in [-0.4, -0.2) is 30.4 Å². The van der Waals surface area contributed by atoms with Crippen LogP contribution in [0.2, 0.25) is 0 Å². The minimum Gasteiger partial charge on any atom is -0.342 e. The minimum absolute atomic E-state index is 0. The molecule has 0 radical (unpaired) electrons. The molecule has 0 aliphatic heterocycles. The zero-order valence-corrected chi connectivity index (χ0v) is 12.3. The fourth-order valence-corrected chi connectivity index (χ4v) is 3.05. The fourth-order valence-electron chi connectivity index (χ4n) is 3.05. The van der Waals surface area contributed by atoms with Gasteiger partial charge in [0.15, 0.2) is 0 Å². The maximum absolute atomic E-state index is 12.7. The predicted octanol–water partition coefficient (Wildman–Crippen LogP) is 2.58. The smallest absolute Gasteiger partial charge is 0.230 e. The molecule has 106 valence electrons. The molecule has 0 aromatic carbocycles. The highest BCUT2D eigenvalue weighted by Crippen LogP contribution is 2.40. The molecule has 0 atom stereocenters. The zero-order valence-electron chi connectivity index (χ0n) is 11.5. The van der Waals surface area contributed by atoms with Crippen molar-refractivity contribution < 1.29 is 4.79 Å². The summed E-state index contributed by atoms with van der Waals surface area (Å²) in [5, 5.41) is 0. The first-order chi connectivity index (χ1) is 8.22. The number of carbonyl (C=O) groups is 1. The molecule has 2 aliphatic rings. The van der Waals surface area contributed by atoms with E-state index >= 15 is 0 Å². The first kappa shape index (κ1) is 15.8. The van der Waals surface area contributed by atoms with Crippen LogP contribution in [-0.2, 0) is 4.79 Å². The number of hydrogen-bond acceptors (Lipinski definition) is 2. The summed E-state index contributed by atoms with van der Waals surface area (Å²) < 4.78 is 0. The van der Waals surface area contributed by atoms with E-state index < -0.39 is 0 Å². The summed E-state index contributed by atoms with van der Waals surface area (Å²) in [6, 6.07) is 0. The standard InChI is InChI=1S/C14H26N2O.ClH/c1-2-9-16(10-12-5-6-12)13(17)14(11-15)7-3-4-8-14;/h12H,2-11,15H2,1H3;1H. The van der Waals surface area contributed by atoms with Crippen molar-refractivity contribution in [3.8, 4) is 0 Å². The van der Waals surface area contributed by atoms with Gasteiger partial charge in [-0.1, -0.05) is 19.8 Å². The lowest BCUT2D eigenvalue weighted by Crippen LogP contribution is -2.47. The van der Waals surface area contributed by atoms with Crippen LogP contribution < -0.4 is 5.73 Å². The van der Waals surface area contributed by atoms with Crippen molar-refractivity contribution in [1.82, 2.24) is 4.90 Å². The van der Waals surface area contributed by atoms with Crippen LogP contribution in [0.15, 0.2) is 0 Å². The largest absolute Gasteiger partial charge is 0.342 e. The fraction of sp³-hybridized carbons (Fsp3) is 0.929. The van der Waals surface area contributed by atoms with Crippen molar-refractivity contribution in [2.45, 2.75) is 51.9 Å². The molecular formula is C14H27ClN2O. The van der Waals surface area contributed by atoms with Crippen LogP contribution in [0.25, 0.3) is 0 Å². The molecule has 2 saturated carbocycles. The highest BCUT2D eigenvalue weighted by molar-refractivity contribution is 5.85. The second kappa shape index (κ2) is 6.76. The second-order valence-electron chi connectivity index (χ2n) is 5.89. The van der Waals surface area contributed by atoms with Gasteiger partial charge in [0, 0.05) is 19.6 Å². The van der Waals surface area contributed by atoms with Gasteiger partial charge in [0.25, 0.3) is 0 Å². The molecule has 3 nitrogen and oxygen atoms in total. The summed E-state index contributed by atoms with van der Waals surface area (Å²) in [6.07, 6.45) is 8.03. The SMILES string of the molecule is CCCN(CC1CC1)C(=O)C1(CN)CCCC1.Cl. The van der Waals surface area contributed by atoms with E-state index in [0.29, 0.717) is 12.5 Å². The Kier molecular flexibility index (Phi) is 5.93. The summed E-state index contributed by atoms with van der Waals surface area (Å²) in [6.45, 7) is 4.58. The molecule has 0 spiro atoms. The molecule has 4 heteroatoms. The van der Waals surface area contributed by atoms with Crippen molar-refractivity contribution in [2.24, 2.45) is 17.1 Å². The topological polar surface area (TPSA) is 46.3 Å². The molecule has 2 N–H and O–H groups in total. The van der Waals surface area contributed by atoms with Crippen LogP contribution in [0.3, 0.4) is 0 Å². The maximum atomic E-state index is 12.7. The summed E-state index contributed by atoms with van der Waals surface area (Å²) in [4.78, 5) is 14.8. The van der Waals surface area contributed by atoms with Gasteiger partial charge in [-0.05, 0) is 38.0 Å². The summed E-state index contributed by atoms with van der Waals surface area (Å²) >= 11 is 0. The lowest BCUT2D eigenvalue weighted by Gasteiger charge is -2.33.